The summed E-state index contributed by atoms with van der Waals surface area (Å²) in [4.78, 5) is 10.9. The van der Waals surface area contributed by atoms with Crippen LogP contribution < -0.4 is 0 Å². The third-order valence-corrected chi connectivity index (χ3v) is 4.53. The molecule has 1 aliphatic rings. The molecule has 2 nitrogen and oxygen atoms in total. The molecule has 2 rings (SSSR count). The van der Waals surface area contributed by atoms with Crippen molar-refractivity contribution in [1.29, 1.82) is 0 Å². The minimum Gasteiger partial charge on any atom is -0.478 e. The molecule has 1 aliphatic carbocycles. The van der Waals surface area contributed by atoms with Gasteiger partial charge in [0, 0.05) is 0 Å². The molecule has 1 saturated carbocycles. The summed E-state index contributed by atoms with van der Waals surface area (Å²) >= 11 is 0. The lowest BCUT2D eigenvalue weighted by Gasteiger charge is -2.27. The highest BCUT2D eigenvalue weighted by Gasteiger charge is 2.20. The number of unbranched alkanes of at least 4 members (excludes halogenated alkanes) is 2. The smallest absolute Gasteiger partial charge is 0.335 e. The minimum absolute atomic E-state index is 0.381. The van der Waals surface area contributed by atoms with Gasteiger partial charge in [0.1, 0.15) is 0 Å². The molecule has 0 radical (unpaired) electrons. The molecule has 114 valence electrons. The van der Waals surface area contributed by atoms with E-state index in [0.717, 1.165) is 5.92 Å². The topological polar surface area (TPSA) is 37.3 Å². The fourth-order valence-electron chi connectivity index (χ4n) is 3.15. The Balaban J connectivity index is 1.83. The summed E-state index contributed by atoms with van der Waals surface area (Å²) < 4.78 is 0. The Bertz CT molecular complexity index is 465. The van der Waals surface area contributed by atoms with Crippen LogP contribution in [-0.4, -0.2) is 11.1 Å². The molecule has 1 fully saturated rings. The molecule has 0 heterocycles. The zero-order valence-corrected chi connectivity index (χ0v) is 12.9. The molecule has 2 heteroatoms. The summed E-state index contributed by atoms with van der Waals surface area (Å²) in [5.41, 5.74) is 1.68. The lowest BCUT2D eigenvalue weighted by Crippen LogP contribution is -2.12. The van der Waals surface area contributed by atoms with Gasteiger partial charge in [-0.05, 0) is 61.6 Å². The van der Waals surface area contributed by atoms with Gasteiger partial charge >= 0.3 is 5.97 Å². The van der Waals surface area contributed by atoms with Crippen molar-refractivity contribution in [1.82, 2.24) is 0 Å². The first-order chi connectivity index (χ1) is 10.2. The zero-order valence-electron chi connectivity index (χ0n) is 12.9. The highest BCUT2D eigenvalue weighted by Crippen LogP contribution is 2.36. The van der Waals surface area contributed by atoms with Crippen LogP contribution in [-0.2, 0) is 0 Å². The first-order valence-electron chi connectivity index (χ1n) is 8.20. The number of carbonyl (C=O) groups is 1. The van der Waals surface area contributed by atoms with Crippen molar-refractivity contribution >= 4 is 5.97 Å². The Kier molecular flexibility index (Phi) is 6.04. The Morgan fingerprint density at radius 2 is 1.86 bits per heavy atom. The second-order valence-electron chi connectivity index (χ2n) is 6.11. The highest BCUT2D eigenvalue weighted by molar-refractivity contribution is 5.87. The van der Waals surface area contributed by atoms with E-state index in [1.165, 1.54) is 50.5 Å². The van der Waals surface area contributed by atoms with E-state index >= 15 is 0 Å². The van der Waals surface area contributed by atoms with Crippen molar-refractivity contribution in [3.8, 4) is 0 Å². The lowest BCUT2D eigenvalue weighted by molar-refractivity contribution is 0.0697. The number of rotatable bonds is 6. The molecule has 0 spiro atoms. The summed E-state index contributed by atoms with van der Waals surface area (Å²) in [6.45, 7) is 2.23. The number of allylic oxidation sites excluding steroid dienone is 2. The van der Waals surface area contributed by atoms with Gasteiger partial charge in [-0.3, -0.25) is 0 Å². The van der Waals surface area contributed by atoms with Crippen molar-refractivity contribution < 1.29 is 9.90 Å². The number of carboxylic acid groups (broad SMARTS) is 1. The third-order valence-electron chi connectivity index (χ3n) is 4.53. The maximum atomic E-state index is 10.9. The molecule has 0 aliphatic heterocycles. The lowest BCUT2D eigenvalue weighted by atomic mass is 9.78. The van der Waals surface area contributed by atoms with Crippen LogP contribution >= 0.6 is 0 Å². The molecule has 0 saturated heterocycles. The average Bonchev–Trinajstić information content (AvgIpc) is 2.52. The summed E-state index contributed by atoms with van der Waals surface area (Å²) in [6.07, 6.45) is 13.5. The van der Waals surface area contributed by atoms with Crippen LogP contribution in [0.3, 0.4) is 0 Å². The number of aromatic carboxylic acids is 1. The molecule has 0 bridgehead atoms. The number of carboxylic acids is 1. The van der Waals surface area contributed by atoms with Crippen LogP contribution in [0.25, 0.3) is 0 Å². The van der Waals surface area contributed by atoms with E-state index < -0.39 is 5.97 Å². The van der Waals surface area contributed by atoms with Gasteiger partial charge in [-0.2, -0.15) is 0 Å². The molecular formula is C19H26O2. The van der Waals surface area contributed by atoms with Gasteiger partial charge in [0.2, 0.25) is 0 Å². The van der Waals surface area contributed by atoms with Gasteiger partial charge in [0.15, 0.2) is 0 Å². The van der Waals surface area contributed by atoms with Crippen LogP contribution in [0.5, 0.6) is 0 Å². The SMILES string of the molecule is CCCCC=C[C@H]1CC[C@H](c2ccc(C(=O)O)cc2)CC1. The predicted octanol–water partition coefficient (Wildman–Crippen LogP) is 5.41. The molecule has 0 unspecified atom stereocenters. The van der Waals surface area contributed by atoms with E-state index in [1.54, 1.807) is 12.1 Å². The van der Waals surface area contributed by atoms with Crippen molar-refractivity contribution in [3.05, 3.63) is 47.5 Å². The van der Waals surface area contributed by atoms with Crippen molar-refractivity contribution in [2.45, 2.75) is 57.8 Å². The van der Waals surface area contributed by atoms with Gasteiger partial charge in [0.25, 0.3) is 0 Å². The van der Waals surface area contributed by atoms with Crippen LogP contribution in [0.2, 0.25) is 0 Å². The first-order valence-corrected chi connectivity index (χ1v) is 8.20. The largest absolute Gasteiger partial charge is 0.478 e. The molecule has 0 aromatic heterocycles. The molecule has 0 atom stereocenters. The molecule has 1 aromatic rings. The summed E-state index contributed by atoms with van der Waals surface area (Å²) in [5, 5.41) is 8.93. The van der Waals surface area contributed by atoms with Crippen molar-refractivity contribution in [2.24, 2.45) is 5.92 Å². The van der Waals surface area contributed by atoms with Crippen molar-refractivity contribution in [3.63, 3.8) is 0 Å². The van der Waals surface area contributed by atoms with Crippen LogP contribution in [0, 0.1) is 5.92 Å². The molecule has 0 amide bonds. The highest BCUT2D eigenvalue weighted by atomic mass is 16.4. The molecule has 1 N–H and O–H groups in total. The predicted molar refractivity (Wildman–Crippen MR) is 86.8 cm³/mol. The van der Waals surface area contributed by atoms with Gasteiger partial charge in [-0.25, -0.2) is 4.79 Å². The number of hydrogen-bond acceptors (Lipinski definition) is 1. The van der Waals surface area contributed by atoms with Gasteiger partial charge in [-0.1, -0.05) is 44.1 Å². The van der Waals surface area contributed by atoms with E-state index in [4.69, 9.17) is 5.11 Å². The Morgan fingerprint density at radius 3 is 2.43 bits per heavy atom. The van der Waals surface area contributed by atoms with E-state index in [1.807, 2.05) is 12.1 Å². The second kappa shape index (κ2) is 8.02. The summed E-state index contributed by atoms with van der Waals surface area (Å²) in [6, 6.07) is 7.44. The molecule has 1 aromatic carbocycles. The third kappa shape index (κ3) is 4.73. The molecular weight excluding hydrogens is 260 g/mol. The van der Waals surface area contributed by atoms with E-state index in [-0.39, 0.29) is 0 Å². The standard InChI is InChI=1S/C19H26O2/c1-2-3-4-5-6-15-7-9-16(10-8-15)17-11-13-18(14-12-17)19(20)21/h5-6,11-16H,2-4,7-10H2,1H3,(H,20,21)/t15-,16-. The monoisotopic (exact) mass is 286 g/mol. The average molecular weight is 286 g/mol. The van der Waals surface area contributed by atoms with E-state index in [0.29, 0.717) is 11.5 Å². The molecule has 21 heavy (non-hydrogen) atoms. The second-order valence-corrected chi connectivity index (χ2v) is 6.11. The quantitative estimate of drug-likeness (QED) is 0.561. The summed E-state index contributed by atoms with van der Waals surface area (Å²) in [7, 11) is 0. The van der Waals surface area contributed by atoms with Crippen LogP contribution in [0.4, 0.5) is 0 Å². The van der Waals surface area contributed by atoms with E-state index in [2.05, 4.69) is 19.1 Å². The zero-order chi connectivity index (χ0) is 15.1. The van der Waals surface area contributed by atoms with Crippen LogP contribution in [0.15, 0.2) is 36.4 Å². The van der Waals surface area contributed by atoms with Gasteiger partial charge in [0.05, 0.1) is 5.56 Å². The van der Waals surface area contributed by atoms with Crippen LogP contribution in [0.1, 0.15) is 73.7 Å². The fraction of sp³-hybridized carbons (Fsp3) is 0.526. The summed E-state index contributed by atoms with van der Waals surface area (Å²) in [5.74, 6) is 0.506. The Hall–Kier alpha value is -1.57. The number of benzene rings is 1. The van der Waals surface area contributed by atoms with E-state index in [9.17, 15) is 4.79 Å². The first kappa shape index (κ1) is 15.8. The maximum Gasteiger partial charge on any atom is 0.335 e. The minimum atomic E-state index is -0.845. The normalized spacial score (nSPS) is 22.5. The van der Waals surface area contributed by atoms with Gasteiger partial charge in [-0.15, -0.1) is 0 Å². The Morgan fingerprint density at radius 1 is 1.19 bits per heavy atom. The maximum absolute atomic E-state index is 10.9. The van der Waals surface area contributed by atoms with Crippen molar-refractivity contribution in [2.75, 3.05) is 0 Å². The van der Waals surface area contributed by atoms with Gasteiger partial charge < -0.3 is 5.11 Å². The Labute approximate surface area is 127 Å². The fourth-order valence-corrected chi connectivity index (χ4v) is 3.15. The number of hydrogen-bond donors (Lipinski definition) is 1.